The van der Waals surface area contributed by atoms with Crippen molar-refractivity contribution in [2.24, 2.45) is 0 Å². The molecule has 0 aromatic heterocycles. The first kappa shape index (κ1) is 22.1. The molecule has 2 heterocycles. The third-order valence-corrected chi connectivity index (χ3v) is 5.58. The lowest BCUT2D eigenvalue weighted by atomic mass is 9.99. The molecule has 0 spiro atoms. The molecule has 0 bridgehead atoms. The Labute approximate surface area is 191 Å². The minimum Gasteiger partial charge on any atom is -0.462 e. The number of esters is 1. The van der Waals surface area contributed by atoms with Gasteiger partial charge in [0.2, 0.25) is 0 Å². The molecule has 0 aliphatic carbocycles. The zero-order valence-corrected chi connectivity index (χ0v) is 18.3. The van der Waals surface area contributed by atoms with Crippen molar-refractivity contribution in [2.45, 2.75) is 25.6 Å². The number of benzene rings is 2. The Kier molecular flexibility index (Phi) is 6.12. The number of nitrogens with zero attached hydrogens (tertiary/aromatic N) is 2. The molecule has 2 N–H and O–H groups in total. The van der Waals surface area contributed by atoms with E-state index in [9.17, 15) is 19.2 Å². The fourth-order valence-electron chi connectivity index (χ4n) is 3.95. The van der Waals surface area contributed by atoms with Crippen LogP contribution < -0.4 is 10.6 Å². The van der Waals surface area contributed by atoms with Crippen molar-refractivity contribution in [3.8, 4) is 0 Å². The van der Waals surface area contributed by atoms with Gasteiger partial charge < -0.3 is 20.3 Å². The van der Waals surface area contributed by atoms with Gasteiger partial charge in [0.05, 0.1) is 30.3 Å². The maximum Gasteiger partial charge on any atom is 0.338 e. The Hall–Kier alpha value is -4.14. The summed E-state index contributed by atoms with van der Waals surface area (Å²) in [5.74, 6) is -1.25. The van der Waals surface area contributed by atoms with Crippen LogP contribution in [0.2, 0.25) is 0 Å². The maximum atomic E-state index is 13.1. The average Bonchev–Trinajstić information content (AvgIpc) is 3.14. The Balaban J connectivity index is 1.46. The summed E-state index contributed by atoms with van der Waals surface area (Å²) in [6, 6.07) is 13.5. The predicted octanol–water partition coefficient (Wildman–Crippen LogP) is 2.12. The molecule has 2 aromatic rings. The van der Waals surface area contributed by atoms with Gasteiger partial charge in [-0.1, -0.05) is 30.3 Å². The Morgan fingerprint density at radius 3 is 2.42 bits per heavy atom. The van der Waals surface area contributed by atoms with Gasteiger partial charge in [-0.15, -0.1) is 0 Å². The second-order valence-corrected chi connectivity index (χ2v) is 7.78. The largest absolute Gasteiger partial charge is 0.462 e. The third-order valence-electron chi connectivity index (χ3n) is 5.58. The highest BCUT2D eigenvalue weighted by molar-refractivity contribution is 6.09. The number of ether oxygens (including phenoxy) is 1. The first-order valence-corrected chi connectivity index (χ1v) is 10.6. The van der Waals surface area contributed by atoms with E-state index in [1.807, 2.05) is 30.3 Å². The molecule has 2 aliphatic heterocycles. The molecule has 0 radical (unpaired) electrons. The van der Waals surface area contributed by atoms with Gasteiger partial charge in [-0.3, -0.25) is 14.5 Å². The third kappa shape index (κ3) is 4.43. The Bertz CT molecular complexity index is 1110. The van der Waals surface area contributed by atoms with Crippen LogP contribution in [0.4, 0.5) is 10.5 Å². The molecule has 9 nitrogen and oxygen atoms in total. The molecule has 4 rings (SSSR count). The molecule has 4 amide bonds. The highest BCUT2D eigenvalue weighted by Crippen LogP contribution is 2.28. The van der Waals surface area contributed by atoms with Crippen LogP contribution in [0, 0.1) is 0 Å². The number of carbonyl (C=O) groups is 4. The van der Waals surface area contributed by atoms with Crippen LogP contribution in [0.15, 0.2) is 66.4 Å². The first-order valence-electron chi connectivity index (χ1n) is 10.6. The van der Waals surface area contributed by atoms with E-state index >= 15 is 0 Å². The highest BCUT2D eigenvalue weighted by Gasteiger charge is 2.49. The van der Waals surface area contributed by atoms with Gasteiger partial charge in [0.1, 0.15) is 6.04 Å². The minimum atomic E-state index is -0.763. The molecule has 170 valence electrons. The molecule has 2 aromatic carbocycles. The minimum absolute atomic E-state index is 0.150. The van der Waals surface area contributed by atoms with Crippen molar-refractivity contribution in [3.05, 3.63) is 77.5 Å². The Morgan fingerprint density at radius 1 is 1.06 bits per heavy atom. The molecule has 1 fully saturated rings. The maximum absolute atomic E-state index is 13.1. The fraction of sp³-hybridized carbons (Fsp3) is 0.250. The van der Waals surface area contributed by atoms with Gasteiger partial charge in [-0.05, 0) is 36.8 Å². The van der Waals surface area contributed by atoms with Gasteiger partial charge in [0.15, 0.2) is 0 Å². The topological polar surface area (TPSA) is 108 Å². The SMILES string of the molecule is CCOC(=O)c1ccc(NC(=O)C2=CN(C)C3C(=O)N(Cc4ccccc4)C(=O)NC23)cc1. The summed E-state index contributed by atoms with van der Waals surface area (Å²) in [6.07, 6.45) is 1.57. The zero-order valence-electron chi connectivity index (χ0n) is 18.3. The van der Waals surface area contributed by atoms with Crippen LogP contribution in [0.3, 0.4) is 0 Å². The lowest BCUT2D eigenvalue weighted by molar-refractivity contribution is -0.134. The average molecular weight is 448 g/mol. The highest BCUT2D eigenvalue weighted by atomic mass is 16.5. The molecule has 9 heteroatoms. The van der Waals surface area contributed by atoms with Crippen LogP contribution in [0.5, 0.6) is 0 Å². The normalized spacial score (nSPS) is 19.5. The van der Waals surface area contributed by atoms with Gasteiger partial charge >= 0.3 is 12.0 Å². The van der Waals surface area contributed by atoms with Gasteiger partial charge in [0, 0.05) is 18.9 Å². The smallest absolute Gasteiger partial charge is 0.338 e. The molecular formula is C24H24N4O5. The van der Waals surface area contributed by atoms with Crippen molar-refractivity contribution in [3.63, 3.8) is 0 Å². The lowest BCUT2D eigenvalue weighted by Gasteiger charge is -2.37. The van der Waals surface area contributed by atoms with E-state index in [4.69, 9.17) is 4.74 Å². The van der Waals surface area contributed by atoms with Gasteiger partial charge in [0.25, 0.3) is 11.8 Å². The summed E-state index contributed by atoms with van der Waals surface area (Å²) in [6.45, 7) is 2.15. The monoisotopic (exact) mass is 448 g/mol. The lowest BCUT2D eigenvalue weighted by Crippen LogP contribution is -2.64. The quantitative estimate of drug-likeness (QED) is 0.656. The van der Waals surface area contributed by atoms with E-state index < -0.39 is 30.0 Å². The van der Waals surface area contributed by atoms with Crippen molar-refractivity contribution in [2.75, 3.05) is 19.0 Å². The first-order chi connectivity index (χ1) is 15.9. The van der Waals surface area contributed by atoms with E-state index in [1.54, 1.807) is 49.3 Å². The van der Waals surface area contributed by atoms with Crippen molar-refractivity contribution in [1.29, 1.82) is 0 Å². The standard InChI is InChI=1S/C24H24N4O5/c1-3-33-23(31)16-9-11-17(12-10-16)25-21(29)18-14-27(2)20-19(18)26-24(32)28(22(20)30)13-15-7-5-4-6-8-15/h4-12,14,19-20H,3,13H2,1-2H3,(H,25,29)(H,26,32). The Morgan fingerprint density at radius 2 is 1.76 bits per heavy atom. The number of urea groups is 1. The molecule has 2 aliphatic rings. The van der Waals surface area contributed by atoms with Crippen LogP contribution in [-0.4, -0.2) is 59.4 Å². The summed E-state index contributed by atoms with van der Waals surface area (Å²) >= 11 is 0. The van der Waals surface area contributed by atoms with Gasteiger partial charge in [-0.2, -0.15) is 0 Å². The molecule has 0 saturated carbocycles. The molecule has 1 saturated heterocycles. The van der Waals surface area contributed by atoms with E-state index in [0.29, 0.717) is 11.3 Å². The second-order valence-electron chi connectivity index (χ2n) is 7.78. The number of amides is 4. The number of likely N-dealkylation sites (N-methyl/N-ethyl adjacent to an activating group) is 1. The summed E-state index contributed by atoms with van der Waals surface area (Å²) in [5, 5.41) is 5.55. The van der Waals surface area contributed by atoms with Crippen LogP contribution in [-0.2, 0) is 20.9 Å². The second kappa shape index (κ2) is 9.15. The van der Waals surface area contributed by atoms with Crippen molar-refractivity contribution < 1.29 is 23.9 Å². The van der Waals surface area contributed by atoms with Gasteiger partial charge in [-0.25, -0.2) is 9.59 Å². The van der Waals surface area contributed by atoms with Crippen LogP contribution in [0.1, 0.15) is 22.8 Å². The number of imide groups is 1. The van der Waals surface area contributed by atoms with E-state index in [1.165, 1.54) is 0 Å². The number of hydrogen-bond acceptors (Lipinski definition) is 6. The van der Waals surface area contributed by atoms with E-state index in [0.717, 1.165) is 10.5 Å². The van der Waals surface area contributed by atoms with Crippen molar-refractivity contribution >= 4 is 29.5 Å². The van der Waals surface area contributed by atoms with Crippen molar-refractivity contribution in [1.82, 2.24) is 15.1 Å². The molecule has 2 atom stereocenters. The molecule has 33 heavy (non-hydrogen) atoms. The number of nitrogens with one attached hydrogen (secondary N) is 2. The molecule has 2 unspecified atom stereocenters. The number of rotatable bonds is 6. The summed E-state index contributed by atoms with van der Waals surface area (Å²) in [4.78, 5) is 53.4. The summed E-state index contributed by atoms with van der Waals surface area (Å²) < 4.78 is 4.95. The van der Waals surface area contributed by atoms with E-state index in [-0.39, 0.29) is 24.6 Å². The van der Waals surface area contributed by atoms with Crippen LogP contribution >= 0.6 is 0 Å². The number of anilines is 1. The van der Waals surface area contributed by atoms with Crippen LogP contribution in [0.25, 0.3) is 0 Å². The van der Waals surface area contributed by atoms with E-state index in [2.05, 4.69) is 10.6 Å². The summed E-state index contributed by atoms with van der Waals surface area (Å²) in [5.41, 5.74) is 1.95. The molecular weight excluding hydrogens is 424 g/mol. The zero-order chi connectivity index (χ0) is 23.5. The number of hydrogen-bond donors (Lipinski definition) is 2. The summed E-state index contributed by atoms with van der Waals surface area (Å²) in [7, 11) is 1.70. The fourth-order valence-corrected chi connectivity index (χ4v) is 3.95. The number of fused-ring (bicyclic) bond motifs is 1. The number of carbonyl (C=O) groups excluding carboxylic acids is 4. The predicted molar refractivity (Wildman–Crippen MR) is 120 cm³/mol.